The Bertz CT molecular complexity index is 757. The molecule has 1 N–H and O–H groups in total. The van der Waals surface area contributed by atoms with Crippen LogP contribution < -0.4 is 5.32 Å². The lowest BCUT2D eigenvalue weighted by Gasteiger charge is -2.35. The Kier molecular flexibility index (Phi) is 5.68. The molecule has 26 heavy (non-hydrogen) atoms. The molecule has 5 nitrogen and oxygen atoms in total. The molecule has 0 saturated carbocycles. The van der Waals surface area contributed by atoms with E-state index in [1.165, 1.54) is 16.0 Å². The van der Waals surface area contributed by atoms with Crippen molar-refractivity contribution >= 4 is 11.8 Å². The lowest BCUT2D eigenvalue weighted by atomic mass is 10.0. The molecular weight excluding hydrogens is 326 g/mol. The second-order valence-electron chi connectivity index (χ2n) is 6.83. The molecular formula is C21H25N3O2. The van der Waals surface area contributed by atoms with E-state index in [0.29, 0.717) is 13.1 Å². The van der Waals surface area contributed by atoms with Crippen molar-refractivity contribution in [3.05, 3.63) is 60.2 Å². The maximum atomic E-state index is 12.3. The van der Waals surface area contributed by atoms with E-state index in [4.69, 9.17) is 0 Å². The summed E-state index contributed by atoms with van der Waals surface area (Å²) in [5.74, 6) is -0.0937. The van der Waals surface area contributed by atoms with Crippen molar-refractivity contribution in [2.24, 2.45) is 0 Å². The first-order valence-corrected chi connectivity index (χ1v) is 8.91. The summed E-state index contributed by atoms with van der Waals surface area (Å²) >= 11 is 0. The Morgan fingerprint density at radius 1 is 1.08 bits per heavy atom. The van der Waals surface area contributed by atoms with Gasteiger partial charge >= 0.3 is 0 Å². The van der Waals surface area contributed by atoms with Crippen molar-refractivity contribution in [2.75, 3.05) is 27.2 Å². The molecule has 5 heteroatoms. The minimum absolute atomic E-state index is 0.0310. The second kappa shape index (κ2) is 8.15. The number of nitrogens with zero attached hydrogens (tertiary/aromatic N) is 2. The first-order valence-electron chi connectivity index (χ1n) is 8.91. The Balaban J connectivity index is 1.71. The van der Waals surface area contributed by atoms with E-state index in [1.54, 1.807) is 14.1 Å². The summed E-state index contributed by atoms with van der Waals surface area (Å²) in [4.78, 5) is 28.0. The first-order chi connectivity index (χ1) is 12.5. The van der Waals surface area contributed by atoms with Crippen LogP contribution in [0.3, 0.4) is 0 Å². The summed E-state index contributed by atoms with van der Waals surface area (Å²) in [6.45, 7) is 2.03. The molecule has 1 heterocycles. The quantitative estimate of drug-likeness (QED) is 0.898. The number of nitrogens with one attached hydrogen (secondary N) is 1. The van der Waals surface area contributed by atoms with E-state index in [0.717, 1.165) is 12.1 Å². The number of hydrogen-bond donors (Lipinski definition) is 1. The Labute approximate surface area is 154 Å². The third-order valence-electron chi connectivity index (χ3n) is 4.76. The van der Waals surface area contributed by atoms with Gasteiger partial charge in [-0.3, -0.25) is 14.5 Å². The molecule has 136 valence electrons. The molecule has 1 aliphatic heterocycles. The van der Waals surface area contributed by atoms with Gasteiger partial charge in [-0.2, -0.15) is 0 Å². The highest BCUT2D eigenvalue weighted by atomic mass is 16.2. The zero-order valence-electron chi connectivity index (χ0n) is 15.3. The van der Waals surface area contributed by atoms with Gasteiger partial charge < -0.3 is 10.2 Å². The average Bonchev–Trinajstić information content (AvgIpc) is 2.65. The van der Waals surface area contributed by atoms with Gasteiger partial charge in [0.25, 0.3) is 0 Å². The van der Waals surface area contributed by atoms with Crippen LogP contribution in [0.4, 0.5) is 0 Å². The van der Waals surface area contributed by atoms with Crippen LogP contribution in [0.2, 0.25) is 0 Å². The molecule has 2 aromatic carbocycles. The highest BCUT2D eigenvalue weighted by Crippen LogP contribution is 2.21. The predicted molar refractivity (Wildman–Crippen MR) is 102 cm³/mol. The molecule has 3 rings (SSSR count). The van der Waals surface area contributed by atoms with E-state index >= 15 is 0 Å². The van der Waals surface area contributed by atoms with Crippen LogP contribution in [-0.2, 0) is 16.1 Å². The third kappa shape index (κ3) is 4.29. The first kappa shape index (κ1) is 18.1. The van der Waals surface area contributed by atoms with Crippen LogP contribution in [0.5, 0.6) is 0 Å². The van der Waals surface area contributed by atoms with E-state index in [-0.39, 0.29) is 18.2 Å². The maximum absolute atomic E-state index is 12.3. The minimum Gasteiger partial charge on any atom is -0.353 e. The van der Waals surface area contributed by atoms with E-state index in [1.807, 2.05) is 18.2 Å². The van der Waals surface area contributed by atoms with Gasteiger partial charge in [-0.15, -0.1) is 0 Å². The van der Waals surface area contributed by atoms with E-state index in [9.17, 15) is 9.59 Å². The molecule has 0 aromatic heterocycles. The van der Waals surface area contributed by atoms with Gasteiger partial charge in [0.05, 0.1) is 12.5 Å². The molecule has 2 amide bonds. The van der Waals surface area contributed by atoms with Crippen molar-refractivity contribution in [1.29, 1.82) is 0 Å². The van der Waals surface area contributed by atoms with Crippen molar-refractivity contribution in [3.8, 4) is 11.1 Å². The molecule has 1 fully saturated rings. The molecule has 0 spiro atoms. The van der Waals surface area contributed by atoms with Crippen LogP contribution in [0.1, 0.15) is 12.0 Å². The smallest absolute Gasteiger partial charge is 0.237 e. The maximum Gasteiger partial charge on any atom is 0.237 e. The highest BCUT2D eigenvalue weighted by Gasteiger charge is 2.31. The summed E-state index contributed by atoms with van der Waals surface area (Å²) in [6.07, 6.45) is 0.209. The normalized spacial score (nSPS) is 17.6. The highest BCUT2D eigenvalue weighted by molar-refractivity contribution is 5.88. The molecule has 0 radical (unpaired) electrons. The number of rotatable bonds is 5. The lowest BCUT2D eigenvalue weighted by Crippen LogP contribution is -2.56. The standard InChI is InChI=1S/C21H25N3O2/c1-23(2)20(25)14-19-21(26)22-12-13-24(19)15-16-8-10-18(11-9-16)17-6-4-3-5-7-17/h3-11,19H,12-15H2,1-2H3,(H,22,26). The fourth-order valence-corrected chi connectivity index (χ4v) is 3.19. The van der Waals surface area contributed by atoms with Gasteiger partial charge in [0, 0.05) is 33.7 Å². The van der Waals surface area contributed by atoms with E-state index < -0.39 is 6.04 Å². The van der Waals surface area contributed by atoms with Gasteiger partial charge in [-0.25, -0.2) is 0 Å². The summed E-state index contributed by atoms with van der Waals surface area (Å²) in [5.41, 5.74) is 3.50. The number of piperazine rings is 1. The molecule has 2 aromatic rings. The van der Waals surface area contributed by atoms with Crippen molar-refractivity contribution < 1.29 is 9.59 Å². The molecule has 1 unspecified atom stereocenters. The van der Waals surface area contributed by atoms with Crippen LogP contribution in [-0.4, -0.2) is 54.8 Å². The van der Waals surface area contributed by atoms with E-state index in [2.05, 4.69) is 46.6 Å². The van der Waals surface area contributed by atoms with Gasteiger partial charge in [0.2, 0.25) is 11.8 Å². The predicted octanol–water partition coefficient (Wildman–Crippen LogP) is 2.13. The van der Waals surface area contributed by atoms with Gasteiger partial charge in [-0.1, -0.05) is 54.6 Å². The van der Waals surface area contributed by atoms with Gasteiger partial charge in [0.15, 0.2) is 0 Å². The van der Waals surface area contributed by atoms with Gasteiger partial charge in [-0.05, 0) is 16.7 Å². The number of carbonyl (C=O) groups excluding carboxylic acids is 2. The van der Waals surface area contributed by atoms with Crippen LogP contribution in [0.15, 0.2) is 54.6 Å². The lowest BCUT2D eigenvalue weighted by molar-refractivity contribution is -0.137. The molecule has 0 aliphatic carbocycles. The molecule has 1 saturated heterocycles. The van der Waals surface area contributed by atoms with Crippen molar-refractivity contribution in [2.45, 2.75) is 19.0 Å². The van der Waals surface area contributed by atoms with Crippen molar-refractivity contribution in [3.63, 3.8) is 0 Å². The monoisotopic (exact) mass is 351 g/mol. The summed E-state index contributed by atoms with van der Waals surface area (Å²) in [6, 6.07) is 18.2. The zero-order chi connectivity index (χ0) is 18.5. The molecule has 1 atom stereocenters. The molecule has 0 bridgehead atoms. The summed E-state index contributed by atoms with van der Waals surface area (Å²) in [5, 5.41) is 2.87. The largest absolute Gasteiger partial charge is 0.353 e. The molecule has 1 aliphatic rings. The Morgan fingerprint density at radius 2 is 1.73 bits per heavy atom. The average molecular weight is 351 g/mol. The Hall–Kier alpha value is -2.66. The van der Waals surface area contributed by atoms with Crippen LogP contribution in [0.25, 0.3) is 11.1 Å². The second-order valence-corrected chi connectivity index (χ2v) is 6.83. The SMILES string of the molecule is CN(C)C(=O)CC1C(=O)NCCN1Cc1ccc(-c2ccccc2)cc1. The fourth-order valence-electron chi connectivity index (χ4n) is 3.19. The zero-order valence-corrected chi connectivity index (χ0v) is 15.3. The fraction of sp³-hybridized carbons (Fsp3) is 0.333. The summed E-state index contributed by atoms with van der Waals surface area (Å²) in [7, 11) is 3.44. The topological polar surface area (TPSA) is 52.7 Å². The van der Waals surface area contributed by atoms with Gasteiger partial charge in [0.1, 0.15) is 0 Å². The van der Waals surface area contributed by atoms with Crippen molar-refractivity contribution in [1.82, 2.24) is 15.1 Å². The number of hydrogen-bond acceptors (Lipinski definition) is 3. The minimum atomic E-state index is -0.410. The number of amides is 2. The Morgan fingerprint density at radius 3 is 2.38 bits per heavy atom. The number of benzene rings is 2. The third-order valence-corrected chi connectivity index (χ3v) is 4.76. The summed E-state index contributed by atoms with van der Waals surface area (Å²) < 4.78 is 0. The van der Waals surface area contributed by atoms with Crippen LogP contribution in [0, 0.1) is 0 Å². The van der Waals surface area contributed by atoms with Crippen LogP contribution >= 0.6 is 0 Å². The number of carbonyl (C=O) groups is 2.